The molecule has 0 amide bonds. The molecule has 0 aliphatic heterocycles. The third kappa shape index (κ3) is 5.43. The van der Waals surface area contributed by atoms with Gasteiger partial charge in [0.05, 0.1) is 11.4 Å². The molecule has 0 aliphatic rings. The highest BCUT2D eigenvalue weighted by Gasteiger charge is 2.19. The predicted molar refractivity (Wildman–Crippen MR) is 225 cm³/mol. The number of furan rings is 2. The fraction of sp³-hybridized carbons (Fsp3) is 0. The van der Waals surface area contributed by atoms with Gasteiger partial charge in [-0.25, -0.2) is 19.9 Å². The number of hydrogen-bond acceptors (Lipinski definition) is 6. The normalized spacial score (nSPS) is 11.6. The molecule has 4 heterocycles. The zero-order valence-electron chi connectivity index (χ0n) is 29.9. The highest BCUT2D eigenvalue weighted by molar-refractivity contribution is 6.11. The van der Waals surface area contributed by atoms with Crippen molar-refractivity contribution in [3.8, 4) is 67.5 Å². The zero-order valence-corrected chi connectivity index (χ0v) is 29.9. The third-order valence-electron chi connectivity index (χ3n) is 10.4. The van der Waals surface area contributed by atoms with Gasteiger partial charge in [-0.3, -0.25) is 0 Å². The van der Waals surface area contributed by atoms with Crippen LogP contribution in [0.4, 0.5) is 0 Å². The second-order valence-electron chi connectivity index (χ2n) is 13.8. The topological polar surface area (TPSA) is 77.8 Å². The van der Waals surface area contributed by atoms with Crippen molar-refractivity contribution in [1.82, 2.24) is 19.9 Å². The van der Waals surface area contributed by atoms with Crippen molar-refractivity contribution in [2.75, 3.05) is 0 Å². The standard InChI is InChI=1S/C50H30N4O2/c1-2-11-32(12-3-1)50-53-43(31-21-23-33(24-22-31)49-51-25-10-26-52-49)30-44(54-50)36-28-34(37-15-8-17-41-39-13-4-6-19-45(39)55-47(37)41)27-35(29-36)38-16-9-18-42-40-14-5-7-20-46(40)56-48(38)42/h1-30H. The van der Waals surface area contributed by atoms with Gasteiger partial charge in [0.25, 0.3) is 0 Å². The van der Waals surface area contributed by atoms with Crippen LogP contribution in [-0.2, 0) is 0 Å². The average molecular weight is 719 g/mol. The molecular formula is C50H30N4O2. The Bertz CT molecular complexity index is 3110. The summed E-state index contributed by atoms with van der Waals surface area (Å²) < 4.78 is 13.2. The molecule has 262 valence electrons. The molecule has 7 aromatic carbocycles. The van der Waals surface area contributed by atoms with Crippen LogP contribution in [0.25, 0.3) is 111 Å². The van der Waals surface area contributed by atoms with Crippen LogP contribution in [0.15, 0.2) is 191 Å². The Hall–Kier alpha value is -7.70. The number of aromatic nitrogens is 4. The fourth-order valence-corrected chi connectivity index (χ4v) is 7.73. The van der Waals surface area contributed by atoms with E-state index in [1.54, 1.807) is 12.4 Å². The Kier molecular flexibility index (Phi) is 7.38. The molecule has 0 spiro atoms. The molecule has 0 fully saturated rings. The molecular weight excluding hydrogens is 689 g/mol. The minimum atomic E-state index is 0.638. The maximum absolute atomic E-state index is 6.58. The lowest BCUT2D eigenvalue weighted by molar-refractivity contribution is 0.670. The molecule has 4 aromatic heterocycles. The van der Waals surface area contributed by atoms with Gasteiger partial charge in [0.2, 0.25) is 0 Å². The van der Waals surface area contributed by atoms with Gasteiger partial charge in [-0.1, -0.05) is 127 Å². The van der Waals surface area contributed by atoms with E-state index in [2.05, 4.69) is 107 Å². The van der Waals surface area contributed by atoms with Crippen LogP contribution >= 0.6 is 0 Å². The molecule has 0 aliphatic carbocycles. The number of nitrogens with zero attached hydrogens (tertiary/aromatic N) is 4. The Morgan fingerprint density at radius 1 is 0.321 bits per heavy atom. The molecule has 11 aromatic rings. The molecule has 6 heteroatoms. The molecule has 0 radical (unpaired) electrons. The van der Waals surface area contributed by atoms with E-state index in [9.17, 15) is 0 Å². The van der Waals surface area contributed by atoms with Crippen LogP contribution in [0, 0.1) is 0 Å². The quantitative estimate of drug-likeness (QED) is 0.170. The van der Waals surface area contributed by atoms with Gasteiger partial charge in [0, 0.05) is 67.3 Å². The first kappa shape index (κ1) is 31.8. The summed E-state index contributed by atoms with van der Waals surface area (Å²) in [6, 6.07) is 58.0. The van der Waals surface area contributed by atoms with Gasteiger partial charge < -0.3 is 8.83 Å². The Balaban J connectivity index is 1.15. The lowest BCUT2D eigenvalue weighted by atomic mass is 9.93. The molecule has 6 nitrogen and oxygen atoms in total. The average Bonchev–Trinajstić information content (AvgIpc) is 3.86. The van der Waals surface area contributed by atoms with E-state index in [1.165, 1.54) is 0 Å². The third-order valence-corrected chi connectivity index (χ3v) is 10.4. The number of para-hydroxylation sites is 4. The summed E-state index contributed by atoms with van der Waals surface area (Å²) in [5.41, 5.74) is 12.8. The number of rotatable bonds is 6. The second-order valence-corrected chi connectivity index (χ2v) is 13.8. The van der Waals surface area contributed by atoms with Crippen molar-refractivity contribution in [1.29, 1.82) is 0 Å². The van der Waals surface area contributed by atoms with Gasteiger partial charge in [-0.15, -0.1) is 0 Å². The molecule has 0 bridgehead atoms. The zero-order chi connectivity index (χ0) is 37.0. The maximum atomic E-state index is 6.58. The van der Waals surface area contributed by atoms with E-state index in [0.29, 0.717) is 11.6 Å². The molecule has 0 N–H and O–H groups in total. The highest BCUT2D eigenvalue weighted by atomic mass is 16.3. The largest absolute Gasteiger partial charge is 0.455 e. The summed E-state index contributed by atoms with van der Waals surface area (Å²) in [5, 5.41) is 4.32. The summed E-state index contributed by atoms with van der Waals surface area (Å²) in [6.07, 6.45) is 3.51. The molecule has 0 unspecified atom stereocenters. The number of benzene rings is 7. The Morgan fingerprint density at radius 2 is 0.804 bits per heavy atom. The van der Waals surface area contributed by atoms with E-state index >= 15 is 0 Å². The summed E-state index contributed by atoms with van der Waals surface area (Å²) >= 11 is 0. The van der Waals surface area contributed by atoms with Crippen molar-refractivity contribution < 1.29 is 8.83 Å². The first-order valence-electron chi connectivity index (χ1n) is 18.5. The monoisotopic (exact) mass is 718 g/mol. The minimum absolute atomic E-state index is 0.638. The second kappa shape index (κ2) is 13.0. The molecule has 56 heavy (non-hydrogen) atoms. The highest BCUT2D eigenvalue weighted by Crippen LogP contribution is 2.42. The van der Waals surface area contributed by atoms with Gasteiger partial charge in [-0.05, 0) is 53.6 Å². The summed E-state index contributed by atoms with van der Waals surface area (Å²) in [5.74, 6) is 1.31. The summed E-state index contributed by atoms with van der Waals surface area (Å²) in [4.78, 5) is 19.2. The number of fused-ring (bicyclic) bond motifs is 6. The van der Waals surface area contributed by atoms with Crippen LogP contribution in [0.1, 0.15) is 0 Å². The van der Waals surface area contributed by atoms with E-state index in [1.807, 2.05) is 72.8 Å². The minimum Gasteiger partial charge on any atom is -0.455 e. The lowest BCUT2D eigenvalue weighted by Gasteiger charge is -2.14. The first-order valence-corrected chi connectivity index (χ1v) is 18.5. The van der Waals surface area contributed by atoms with Gasteiger partial charge >= 0.3 is 0 Å². The van der Waals surface area contributed by atoms with E-state index < -0.39 is 0 Å². The van der Waals surface area contributed by atoms with E-state index in [4.69, 9.17) is 18.8 Å². The molecule has 0 saturated carbocycles. The molecule has 0 saturated heterocycles. The Labute approximate surface area is 321 Å². The van der Waals surface area contributed by atoms with Gasteiger partial charge in [0.15, 0.2) is 11.6 Å². The van der Waals surface area contributed by atoms with Crippen molar-refractivity contribution in [3.05, 3.63) is 182 Å². The first-order chi connectivity index (χ1) is 27.7. The predicted octanol–water partition coefficient (Wildman–Crippen LogP) is 13.1. The van der Waals surface area contributed by atoms with Crippen molar-refractivity contribution >= 4 is 43.9 Å². The van der Waals surface area contributed by atoms with Crippen LogP contribution in [0.5, 0.6) is 0 Å². The van der Waals surface area contributed by atoms with Crippen LogP contribution in [-0.4, -0.2) is 19.9 Å². The van der Waals surface area contributed by atoms with E-state index in [0.717, 1.165) is 99.8 Å². The van der Waals surface area contributed by atoms with Crippen LogP contribution in [0.3, 0.4) is 0 Å². The lowest BCUT2D eigenvalue weighted by Crippen LogP contribution is -1.97. The van der Waals surface area contributed by atoms with Crippen molar-refractivity contribution in [2.24, 2.45) is 0 Å². The fourth-order valence-electron chi connectivity index (χ4n) is 7.73. The van der Waals surface area contributed by atoms with Gasteiger partial charge in [0.1, 0.15) is 22.3 Å². The Morgan fingerprint density at radius 3 is 1.41 bits per heavy atom. The number of hydrogen-bond donors (Lipinski definition) is 0. The SMILES string of the molecule is c1ccc(-c2nc(-c3ccc(-c4ncccn4)cc3)cc(-c3cc(-c4cccc5c4oc4ccccc45)cc(-c4cccc5c4oc4ccccc45)c3)n2)cc1. The molecule has 0 atom stereocenters. The van der Waals surface area contributed by atoms with Crippen LogP contribution in [0.2, 0.25) is 0 Å². The van der Waals surface area contributed by atoms with Gasteiger partial charge in [-0.2, -0.15) is 0 Å². The van der Waals surface area contributed by atoms with Crippen LogP contribution < -0.4 is 0 Å². The summed E-state index contributed by atoms with van der Waals surface area (Å²) in [7, 11) is 0. The van der Waals surface area contributed by atoms with E-state index in [-0.39, 0.29) is 0 Å². The maximum Gasteiger partial charge on any atom is 0.160 e. The summed E-state index contributed by atoms with van der Waals surface area (Å²) in [6.45, 7) is 0. The molecule has 11 rings (SSSR count). The smallest absolute Gasteiger partial charge is 0.160 e. The van der Waals surface area contributed by atoms with Crippen molar-refractivity contribution in [2.45, 2.75) is 0 Å². The van der Waals surface area contributed by atoms with Crippen molar-refractivity contribution in [3.63, 3.8) is 0 Å².